The maximum absolute atomic E-state index is 13.0. The molecule has 3 aromatic rings. The predicted molar refractivity (Wildman–Crippen MR) is 154 cm³/mol. The van der Waals surface area contributed by atoms with Crippen molar-refractivity contribution < 1.29 is 23.7 Å². The average Bonchev–Trinajstić information content (AvgIpc) is 3.33. The summed E-state index contributed by atoms with van der Waals surface area (Å²) in [6.45, 7) is 10.2. The molecule has 2 N–H and O–H groups in total. The molecule has 1 saturated heterocycles. The zero-order valence-electron chi connectivity index (χ0n) is 23.4. The molecule has 5 rings (SSSR count). The number of ether oxygens (including phenoxy) is 4. The molecule has 0 spiro atoms. The number of nitrogens with zero attached hydrogens (tertiary/aromatic N) is 2. The number of amides is 1. The number of aromatic nitrogens is 2. The zero-order valence-corrected chi connectivity index (χ0v) is 24.4. The summed E-state index contributed by atoms with van der Waals surface area (Å²) in [6, 6.07) is 13.0. The van der Waals surface area contributed by atoms with Crippen LogP contribution in [0.25, 0.3) is 22.2 Å². The van der Waals surface area contributed by atoms with Crippen LogP contribution in [0, 0.1) is 11.8 Å². The summed E-state index contributed by atoms with van der Waals surface area (Å²) < 4.78 is 24.8. The zero-order chi connectivity index (χ0) is 27.4. The highest BCUT2D eigenvalue weighted by molar-refractivity contribution is 6.76. The van der Waals surface area contributed by atoms with Crippen LogP contribution >= 0.6 is 0 Å². The molecule has 2 aromatic heterocycles. The van der Waals surface area contributed by atoms with Crippen molar-refractivity contribution in [2.75, 3.05) is 38.8 Å². The second kappa shape index (κ2) is 12.2. The van der Waals surface area contributed by atoms with Crippen molar-refractivity contribution in [2.24, 2.45) is 11.8 Å². The Bertz CT molecular complexity index is 1280. The fourth-order valence-electron chi connectivity index (χ4n) is 4.90. The summed E-state index contributed by atoms with van der Waals surface area (Å²) in [7, 11) is 0.487. The Morgan fingerprint density at radius 1 is 1.18 bits per heavy atom. The van der Waals surface area contributed by atoms with Crippen molar-refractivity contribution in [3.05, 3.63) is 42.6 Å². The lowest BCUT2D eigenvalue weighted by Gasteiger charge is -2.15. The van der Waals surface area contributed by atoms with E-state index >= 15 is 0 Å². The van der Waals surface area contributed by atoms with Crippen molar-refractivity contribution in [3.8, 4) is 16.9 Å². The highest BCUT2D eigenvalue weighted by Crippen LogP contribution is 2.42. The van der Waals surface area contributed by atoms with Gasteiger partial charge in [0.1, 0.15) is 23.9 Å². The maximum atomic E-state index is 13.0. The first-order valence-corrected chi connectivity index (χ1v) is 17.5. The summed E-state index contributed by atoms with van der Waals surface area (Å²) in [5, 5.41) is 7.15. The van der Waals surface area contributed by atoms with Gasteiger partial charge < -0.3 is 28.8 Å². The van der Waals surface area contributed by atoms with E-state index in [1.165, 1.54) is 0 Å². The molecule has 10 heteroatoms. The second-order valence-electron chi connectivity index (χ2n) is 11.5. The first-order valence-electron chi connectivity index (χ1n) is 13.8. The lowest BCUT2D eigenvalue weighted by molar-refractivity contribution is -0.124. The molecule has 3 atom stereocenters. The maximum Gasteiger partial charge on any atom is 0.228 e. The van der Waals surface area contributed by atoms with Crippen LogP contribution < -0.4 is 15.4 Å². The van der Waals surface area contributed by atoms with E-state index in [9.17, 15) is 4.79 Å². The van der Waals surface area contributed by atoms with Gasteiger partial charge in [0.05, 0.1) is 20.3 Å². The Morgan fingerprint density at radius 2 is 2.03 bits per heavy atom. The number of rotatable bonds is 13. The lowest BCUT2D eigenvalue weighted by Crippen LogP contribution is -2.26. The van der Waals surface area contributed by atoms with Gasteiger partial charge in [-0.25, -0.2) is 4.98 Å². The normalized spacial score (nSPS) is 20.9. The summed E-state index contributed by atoms with van der Waals surface area (Å²) in [4.78, 5) is 17.8. The fourth-order valence-corrected chi connectivity index (χ4v) is 5.65. The molecule has 1 aliphatic carbocycles. The van der Waals surface area contributed by atoms with Gasteiger partial charge in [0.2, 0.25) is 12.3 Å². The molecular formula is C29H40N4O5Si. The van der Waals surface area contributed by atoms with Crippen molar-refractivity contribution in [2.45, 2.75) is 51.7 Å². The molecule has 1 amide bonds. The number of carbonyl (C=O) groups excluding carboxylic acids is 1. The third kappa shape index (κ3) is 7.06. The summed E-state index contributed by atoms with van der Waals surface area (Å²) in [5.41, 5.74) is 2.78. The molecule has 1 saturated carbocycles. The fraction of sp³-hybridized carbons (Fsp3) is 0.517. The third-order valence-corrected chi connectivity index (χ3v) is 9.00. The number of benzene rings is 1. The Morgan fingerprint density at radius 3 is 2.79 bits per heavy atom. The molecule has 1 aliphatic heterocycles. The summed E-state index contributed by atoms with van der Waals surface area (Å²) in [6.07, 6.45) is 3.46. The molecule has 2 fully saturated rings. The number of carbonyl (C=O) groups is 1. The Hall–Kier alpha value is -2.76. The first-order chi connectivity index (χ1) is 18.8. The molecule has 39 heavy (non-hydrogen) atoms. The van der Waals surface area contributed by atoms with E-state index in [2.05, 4.69) is 36.5 Å². The van der Waals surface area contributed by atoms with Gasteiger partial charge in [0, 0.05) is 49.9 Å². The molecule has 0 radical (unpaired) electrons. The van der Waals surface area contributed by atoms with Crippen LogP contribution in [0.5, 0.6) is 5.75 Å². The van der Waals surface area contributed by atoms with E-state index in [0.717, 1.165) is 53.3 Å². The largest absolute Gasteiger partial charge is 0.496 e. The van der Waals surface area contributed by atoms with E-state index in [1.807, 2.05) is 41.0 Å². The van der Waals surface area contributed by atoms with Gasteiger partial charge in [0.15, 0.2) is 0 Å². The van der Waals surface area contributed by atoms with Gasteiger partial charge >= 0.3 is 0 Å². The van der Waals surface area contributed by atoms with Gasteiger partial charge in [-0.3, -0.25) is 10.1 Å². The van der Waals surface area contributed by atoms with E-state index < -0.39 is 8.07 Å². The van der Waals surface area contributed by atoms with Crippen molar-refractivity contribution >= 4 is 30.8 Å². The number of methoxy groups -OCH3 is 1. The number of anilines is 1. The SMILES string of the molecule is COc1ccccc1-c1cn(COCC[Si](C)(C)C)c2nc(NC(=O)C3CC3CCOC3NCCO3)ccc12. The number of hydrogen-bond acceptors (Lipinski definition) is 7. The van der Waals surface area contributed by atoms with Crippen LogP contribution in [0.2, 0.25) is 25.7 Å². The van der Waals surface area contributed by atoms with E-state index in [4.69, 9.17) is 23.9 Å². The van der Waals surface area contributed by atoms with Gasteiger partial charge in [0.25, 0.3) is 0 Å². The molecule has 3 unspecified atom stereocenters. The molecular weight excluding hydrogens is 512 g/mol. The van der Waals surface area contributed by atoms with Crippen LogP contribution in [-0.4, -0.2) is 63.4 Å². The second-order valence-corrected chi connectivity index (χ2v) is 17.2. The molecule has 3 heterocycles. The quantitative estimate of drug-likeness (QED) is 0.230. The molecule has 210 valence electrons. The lowest BCUT2D eigenvalue weighted by atomic mass is 10.0. The van der Waals surface area contributed by atoms with Crippen LogP contribution in [0.15, 0.2) is 42.6 Å². The van der Waals surface area contributed by atoms with Crippen LogP contribution in [-0.2, 0) is 25.7 Å². The minimum absolute atomic E-state index is 0.00984. The van der Waals surface area contributed by atoms with Gasteiger partial charge in [-0.15, -0.1) is 0 Å². The minimum atomic E-state index is -1.19. The Kier molecular flexibility index (Phi) is 8.68. The molecule has 1 aromatic carbocycles. The summed E-state index contributed by atoms with van der Waals surface area (Å²) in [5.74, 6) is 1.68. The van der Waals surface area contributed by atoms with Crippen molar-refractivity contribution in [3.63, 3.8) is 0 Å². The number of nitrogens with one attached hydrogen (secondary N) is 2. The van der Waals surface area contributed by atoms with Gasteiger partial charge in [-0.1, -0.05) is 37.8 Å². The third-order valence-electron chi connectivity index (χ3n) is 7.30. The van der Waals surface area contributed by atoms with Gasteiger partial charge in [-0.05, 0) is 43.0 Å². The number of hydrogen-bond donors (Lipinski definition) is 2. The highest BCUT2D eigenvalue weighted by atomic mass is 28.3. The average molecular weight is 553 g/mol. The Balaban J connectivity index is 1.29. The molecule has 2 aliphatic rings. The van der Waals surface area contributed by atoms with Gasteiger partial charge in [-0.2, -0.15) is 0 Å². The molecule has 9 nitrogen and oxygen atoms in total. The van der Waals surface area contributed by atoms with Crippen molar-refractivity contribution in [1.29, 1.82) is 0 Å². The van der Waals surface area contributed by atoms with E-state index in [1.54, 1.807) is 7.11 Å². The highest BCUT2D eigenvalue weighted by Gasteiger charge is 2.42. The predicted octanol–water partition coefficient (Wildman–Crippen LogP) is 4.91. The first kappa shape index (κ1) is 27.8. The molecule has 0 bridgehead atoms. The van der Waals surface area contributed by atoms with Crippen LogP contribution in [0.1, 0.15) is 12.8 Å². The van der Waals surface area contributed by atoms with Crippen LogP contribution in [0.3, 0.4) is 0 Å². The van der Waals surface area contributed by atoms with Crippen molar-refractivity contribution in [1.82, 2.24) is 14.9 Å². The number of pyridine rings is 1. The standard InChI is InChI=1S/C29H40N4O5Si/c1-35-25-8-6-5-7-21(25)24-18-33(19-36-15-16-39(2,3)4)27-22(24)9-10-26(31-27)32-28(34)23-17-20(23)11-13-37-29-30-12-14-38-29/h5-10,18,20,23,29-30H,11-17,19H2,1-4H3,(H,31,32,34). The summed E-state index contributed by atoms with van der Waals surface area (Å²) >= 11 is 0. The monoisotopic (exact) mass is 552 g/mol. The smallest absolute Gasteiger partial charge is 0.228 e. The Labute approximate surface area is 231 Å². The minimum Gasteiger partial charge on any atom is -0.496 e. The number of fused-ring (bicyclic) bond motifs is 1. The van der Waals surface area contributed by atoms with Crippen LogP contribution in [0.4, 0.5) is 5.82 Å². The number of para-hydroxylation sites is 1. The topological polar surface area (TPSA) is 95.9 Å². The van der Waals surface area contributed by atoms with E-state index in [-0.39, 0.29) is 18.2 Å². The van der Waals surface area contributed by atoms with E-state index in [0.29, 0.717) is 38.3 Å².